The first-order chi connectivity index (χ1) is 17.2. The molecule has 0 spiro atoms. The van der Waals surface area contributed by atoms with Gasteiger partial charge in [0, 0.05) is 13.0 Å². The van der Waals surface area contributed by atoms with E-state index in [0.717, 1.165) is 25.7 Å². The summed E-state index contributed by atoms with van der Waals surface area (Å²) in [7, 11) is 0. The van der Waals surface area contributed by atoms with Crippen LogP contribution in [0.15, 0.2) is 24.3 Å². The summed E-state index contributed by atoms with van der Waals surface area (Å²) in [6, 6.07) is 0. The lowest BCUT2D eigenvalue weighted by molar-refractivity contribution is -0.154. The molecular weight excluding hydrogens is 436 g/mol. The third kappa shape index (κ3) is 27.3. The molecule has 1 N–H and O–H groups in total. The largest absolute Gasteiger partial charge is 0.457 e. The van der Waals surface area contributed by atoms with E-state index >= 15 is 0 Å². The summed E-state index contributed by atoms with van der Waals surface area (Å²) in [6.07, 6.45) is 32.0. The van der Waals surface area contributed by atoms with E-state index in [4.69, 9.17) is 9.47 Å². The molecule has 0 fully saturated rings. The average molecular weight is 495 g/mol. The van der Waals surface area contributed by atoms with E-state index in [0.29, 0.717) is 19.6 Å². The monoisotopic (exact) mass is 494 g/mol. The highest BCUT2D eigenvalue weighted by molar-refractivity contribution is 5.69. The standard InChI is InChI=1S/C31H58O4/c1-3-5-7-9-11-13-14-15-16-17-19-21-23-25-27-34-29-30(28-32)35-31(33)26-24-22-20-18-12-10-8-6-4-2/h7,9,13-14,30,32H,3-6,8,10-12,15-29H2,1-2H3/b9-7-,14-13-. The number of rotatable bonds is 27. The zero-order valence-electron chi connectivity index (χ0n) is 23.3. The van der Waals surface area contributed by atoms with Gasteiger partial charge in [-0.15, -0.1) is 0 Å². The Balaban J connectivity index is 3.47. The fourth-order valence-corrected chi connectivity index (χ4v) is 4.01. The molecule has 0 aromatic carbocycles. The molecular formula is C31H58O4. The first kappa shape index (κ1) is 33.9. The maximum Gasteiger partial charge on any atom is 0.306 e. The summed E-state index contributed by atoms with van der Waals surface area (Å²) in [5, 5.41) is 9.47. The summed E-state index contributed by atoms with van der Waals surface area (Å²) >= 11 is 0. The summed E-state index contributed by atoms with van der Waals surface area (Å²) in [5.74, 6) is -0.210. The minimum absolute atomic E-state index is 0.174. The van der Waals surface area contributed by atoms with Gasteiger partial charge in [-0.05, 0) is 38.5 Å². The van der Waals surface area contributed by atoms with Crippen molar-refractivity contribution < 1.29 is 19.4 Å². The second-order valence-corrected chi connectivity index (χ2v) is 9.82. The Labute approximate surface area is 217 Å². The van der Waals surface area contributed by atoms with Crippen LogP contribution in [0, 0.1) is 0 Å². The van der Waals surface area contributed by atoms with Crippen molar-refractivity contribution in [2.75, 3.05) is 19.8 Å². The molecule has 0 aromatic heterocycles. The number of carbonyl (C=O) groups excluding carboxylic acids is 1. The highest BCUT2D eigenvalue weighted by Gasteiger charge is 2.13. The molecule has 4 heteroatoms. The van der Waals surface area contributed by atoms with Gasteiger partial charge in [0.25, 0.3) is 0 Å². The van der Waals surface area contributed by atoms with Crippen molar-refractivity contribution in [3.63, 3.8) is 0 Å². The molecule has 0 aliphatic rings. The number of unbranched alkanes of at least 4 members (excludes halogenated alkanes) is 15. The van der Waals surface area contributed by atoms with Gasteiger partial charge in [0.15, 0.2) is 0 Å². The van der Waals surface area contributed by atoms with Gasteiger partial charge < -0.3 is 14.6 Å². The zero-order chi connectivity index (χ0) is 25.7. The number of aliphatic hydroxyl groups excluding tert-OH is 1. The maximum atomic E-state index is 12.0. The van der Waals surface area contributed by atoms with Crippen molar-refractivity contribution in [2.45, 2.75) is 148 Å². The minimum Gasteiger partial charge on any atom is -0.457 e. The van der Waals surface area contributed by atoms with Gasteiger partial charge in [0.05, 0.1) is 13.2 Å². The van der Waals surface area contributed by atoms with Gasteiger partial charge in [-0.1, -0.05) is 122 Å². The fraction of sp³-hybridized carbons (Fsp3) is 0.839. The molecule has 1 unspecified atom stereocenters. The summed E-state index contributed by atoms with van der Waals surface area (Å²) in [4.78, 5) is 12.0. The molecule has 0 radical (unpaired) electrons. The summed E-state index contributed by atoms with van der Waals surface area (Å²) in [5.41, 5.74) is 0. The van der Waals surface area contributed by atoms with Gasteiger partial charge in [-0.3, -0.25) is 4.79 Å². The second-order valence-electron chi connectivity index (χ2n) is 9.82. The molecule has 35 heavy (non-hydrogen) atoms. The molecule has 0 aliphatic carbocycles. The smallest absolute Gasteiger partial charge is 0.306 e. The summed E-state index contributed by atoms with van der Waals surface area (Å²) in [6.45, 7) is 5.23. The maximum absolute atomic E-state index is 12.0. The molecule has 0 aromatic rings. The molecule has 0 saturated heterocycles. The van der Waals surface area contributed by atoms with Gasteiger partial charge in [-0.2, -0.15) is 0 Å². The Morgan fingerprint density at radius 3 is 1.89 bits per heavy atom. The Morgan fingerprint density at radius 2 is 1.26 bits per heavy atom. The number of hydrogen-bond donors (Lipinski definition) is 1. The Bertz CT molecular complexity index is 486. The van der Waals surface area contributed by atoms with Crippen molar-refractivity contribution in [1.82, 2.24) is 0 Å². The molecule has 0 aliphatic heterocycles. The van der Waals surface area contributed by atoms with Crippen molar-refractivity contribution >= 4 is 5.97 Å². The molecule has 0 bridgehead atoms. The molecule has 4 nitrogen and oxygen atoms in total. The lowest BCUT2D eigenvalue weighted by Gasteiger charge is -2.15. The third-order valence-electron chi connectivity index (χ3n) is 6.26. The normalized spacial score (nSPS) is 12.7. The predicted molar refractivity (Wildman–Crippen MR) is 150 cm³/mol. The van der Waals surface area contributed by atoms with Crippen LogP contribution in [0.1, 0.15) is 142 Å². The van der Waals surface area contributed by atoms with Crippen LogP contribution in [0.25, 0.3) is 0 Å². The highest BCUT2D eigenvalue weighted by Crippen LogP contribution is 2.12. The Morgan fingerprint density at radius 1 is 0.686 bits per heavy atom. The Hall–Kier alpha value is -1.13. The van der Waals surface area contributed by atoms with Gasteiger partial charge in [0.2, 0.25) is 0 Å². The quantitative estimate of drug-likeness (QED) is 0.0703. The van der Waals surface area contributed by atoms with Crippen LogP contribution >= 0.6 is 0 Å². The third-order valence-corrected chi connectivity index (χ3v) is 6.26. The zero-order valence-corrected chi connectivity index (χ0v) is 23.3. The average Bonchev–Trinajstić information content (AvgIpc) is 2.86. The van der Waals surface area contributed by atoms with Crippen molar-refractivity contribution in [1.29, 1.82) is 0 Å². The fourth-order valence-electron chi connectivity index (χ4n) is 4.01. The Kier molecular flexibility index (Phi) is 28.2. The van der Waals surface area contributed by atoms with E-state index < -0.39 is 6.10 Å². The first-order valence-corrected chi connectivity index (χ1v) is 14.9. The first-order valence-electron chi connectivity index (χ1n) is 14.9. The molecule has 0 amide bonds. The van der Waals surface area contributed by atoms with E-state index in [2.05, 4.69) is 38.2 Å². The van der Waals surface area contributed by atoms with Crippen molar-refractivity contribution in [3.8, 4) is 0 Å². The number of allylic oxidation sites excluding steroid dienone is 4. The van der Waals surface area contributed by atoms with Gasteiger partial charge in [0.1, 0.15) is 6.10 Å². The lowest BCUT2D eigenvalue weighted by Crippen LogP contribution is -2.27. The van der Waals surface area contributed by atoms with E-state index in [1.54, 1.807) is 0 Å². The van der Waals surface area contributed by atoms with Crippen molar-refractivity contribution in [3.05, 3.63) is 24.3 Å². The van der Waals surface area contributed by atoms with E-state index in [1.807, 2.05) is 0 Å². The minimum atomic E-state index is -0.531. The topological polar surface area (TPSA) is 55.8 Å². The number of ether oxygens (including phenoxy) is 2. The lowest BCUT2D eigenvalue weighted by atomic mass is 10.1. The van der Waals surface area contributed by atoms with Crippen LogP contribution < -0.4 is 0 Å². The van der Waals surface area contributed by atoms with Gasteiger partial charge >= 0.3 is 5.97 Å². The molecule has 0 rings (SSSR count). The number of aliphatic hydroxyl groups is 1. The van der Waals surface area contributed by atoms with Crippen LogP contribution in [0.2, 0.25) is 0 Å². The van der Waals surface area contributed by atoms with Crippen LogP contribution in [-0.2, 0) is 14.3 Å². The predicted octanol–water partition coefficient (Wildman–Crippen LogP) is 8.86. The van der Waals surface area contributed by atoms with Crippen LogP contribution in [0.3, 0.4) is 0 Å². The van der Waals surface area contributed by atoms with E-state index in [1.165, 1.54) is 96.3 Å². The highest BCUT2D eigenvalue weighted by atomic mass is 16.6. The number of carbonyl (C=O) groups is 1. The SMILES string of the molecule is CCC/C=C\C/C=C\CCCCCCCCOCC(CO)OC(=O)CCCCCCCCCCC. The number of hydrogen-bond acceptors (Lipinski definition) is 4. The van der Waals surface area contributed by atoms with Crippen LogP contribution in [0.5, 0.6) is 0 Å². The summed E-state index contributed by atoms with van der Waals surface area (Å²) < 4.78 is 11.0. The molecule has 0 heterocycles. The van der Waals surface area contributed by atoms with E-state index in [9.17, 15) is 9.90 Å². The van der Waals surface area contributed by atoms with Crippen LogP contribution in [0.4, 0.5) is 0 Å². The van der Waals surface area contributed by atoms with Gasteiger partial charge in [-0.25, -0.2) is 0 Å². The van der Waals surface area contributed by atoms with Crippen molar-refractivity contribution in [2.24, 2.45) is 0 Å². The number of esters is 1. The second kappa shape index (κ2) is 29.1. The molecule has 0 saturated carbocycles. The van der Waals surface area contributed by atoms with Crippen LogP contribution in [-0.4, -0.2) is 37.0 Å². The molecule has 206 valence electrons. The molecule has 1 atom stereocenters. The van der Waals surface area contributed by atoms with E-state index in [-0.39, 0.29) is 12.6 Å².